The monoisotopic (exact) mass is 420 g/mol. The highest BCUT2D eigenvalue weighted by Crippen LogP contribution is 2.48. The molecular formula is C26H48N2O2. The standard InChI is InChI=1S/C26H48N2O2/c1-7-8-9-10-11-12-13-14-15-16-17-22-20-23(29)28(24(22)30)27-19-18-21(2)25(3,4)26(27,5)6/h21-22H,7-20H2,1-6H3. The molecule has 0 bridgehead atoms. The van der Waals surface area contributed by atoms with Gasteiger partial charge >= 0.3 is 0 Å². The van der Waals surface area contributed by atoms with Crippen LogP contribution < -0.4 is 0 Å². The molecule has 0 aliphatic carbocycles. The van der Waals surface area contributed by atoms with Gasteiger partial charge in [0.25, 0.3) is 0 Å². The van der Waals surface area contributed by atoms with E-state index in [1.807, 2.05) is 0 Å². The Hall–Kier alpha value is -0.900. The van der Waals surface area contributed by atoms with Crippen LogP contribution in [0.25, 0.3) is 0 Å². The smallest absolute Gasteiger partial charge is 0.247 e. The lowest BCUT2D eigenvalue weighted by atomic mass is 9.63. The van der Waals surface area contributed by atoms with Gasteiger partial charge in [-0.25, -0.2) is 10.0 Å². The lowest BCUT2D eigenvalue weighted by Gasteiger charge is -2.57. The molecule has 2 saturated heterocycles. The van der Waals surface area contributed by atoms with E-state index in [4.69, 9.17) is 0 Å². The van der Waals surface area contributed by atoms with Crippen molar-refractivity contribution in [3.63, 3.8) is 0 Å². The van der Waals surface area contributed by atoms with Crippen LogP contribution in [0.5, 0.6) is 0 Å². The molecule has 0 aromatic carbocycles. The molecule has 2 amide bonds. The van der Waals surface area contributed by atoms with Crippen molar-refractivity contribution in [3.8, 4) is 0 Å². The minimum absolute atomic E-state index is 0.00973. The minimum Gasteiger partial charge on any atom is -0.273 e. The first-order chi connectivity index (χ1) is 14.1. The van der Waals surface area contributed by atoms with Crippen LogP contribution in [0.2, 0.25) is 0 Å². The maximum atomic E-state index is 13.2. The van der Waals surface area contributed by atoms with Crippen molar-refractivity contribution in [2.75, 3.05) is 6.54 Å². The summed E-state index contributed by atoms with van der Waals surface area (Å²) in [5, 5.41) is 3.63. The molecule has 4 nitrogen and oxygen atoms in total. The van der Waals surface area contributed by atoms with Crippen molar-refractivity contribution in [1.82, 2.24) is 10.0 Å². The molecule has 0 spiro atoms. The molecule has 0 saturated carbocycles. The van der Waals surface area contributed by atoms with Gasteiger partial charge in [-0.15, -0.1) is 0 Å². The lowest BCUT2D eigenvalue weighted by Crippen LogP contribution is -2.66. The van der Waals surface area contributed by atoms with Crippen molar-refractivity contribution in [1.29, 1.82) is 0 Å². The van der Waals surface area contributed by atoms with Crippen molar-refractivity contribution in [3.05, 3.63) is 0 Å². The van der Waals surface area contributed by atoms with Gasteiger partial charge in [0.2, 0.25) is 11.8 Å². The first-order valence-electron chi connectivity index (χ1n) is 12.8. The number of carbonyl (C=O) groups is 2. The molecule has 174 valence electrons. The van der Waals surface area contributed by atoms with E-state index in [0.29, 0.717) is 12.3 Å². The van der Waals surface area contributed by atoms with E-state index >= 15 is 0 Å². The first kappa shape index (κ1) is 25.4. The lowest BCUT2D eigenvalue weighted by molar-refractivity contribution is -0.193. The van der Waals surface area contributed by atoms with E-state index in [9.17, 15) is 9.59 Å². The fraction of sp³-hybridized carbons (Fsp3) is 0.923. The Balaban J connectivity index is 1.76. The summed E-state index contributed by atoms with van der Waals surface area (Å²) in [6.07, 6.45) is 15.3. The number of imide groups is 1. The summed E-state index contributed by atoms with van der Waals surface area (Å²) in [6.45, 7) is 14.3. The summed E-state index contributed by atoms with van der Waals surface area (Å²) in [4.78, 5) is 26.0. The number of unbranched alkanes of at least 4 members (excludes halogenated alkanes) is 9. The highest BCUT2D eigenvalue weighted by molar-refractivity contribution is 6.03. The average Bonchev–Trinajstić information content (AvgIpc) is 2.96. The number of rotatable bonds is 12. The molecule has 2 rings (SSSR count). The Labute approximate surface area is 186 Å². The Kier molecular flexibility index (Phi) is 9.39. The van der Waals surface area contributed by atoms with Crippen LogP contribution in [0, 0.1) is 17.3 Å². The number of nitrogens with zero attached hydrogens (tertiary/aromatic N) is 2. The fourth-order valence-electron chi connectivity index (χ4n) is 5.28. The Bertz CT molecular complexity index is 569. The second-order valence-corrected chi connectivity index (χ2v) is 11.0. The molecular weight excluding hydrogens is 372 g/mol. The SMILES string of the molecule is CCCCCCCCCCCCC1CC(=O)N(N2CCC(C)C(C)(C)C2(C)C)C1=O. The molecule has 2 atom stereocenters. The number of piperidine rings is 1. The summed E-state index contributed by atoms with van der Waals surface area (Å²) in [5.74, 6) is 0.522. The van der Waals surface area contributed by atoms with Crippen LogP contribution in [0.15, 0.2) is 0 Å². The third-order valence-electron chi connectivity index (χ3n) is 8.59. The maximum Gasteiger partial charge on any atom is 0.247 e. The largest absolute Gasteiger partial charge is 0.273 e. The van der Waals surface area contributed by atoms with Crippen LogP contribution in [-0.2, 0) is 9.59 Å². The molecule has 0 aromatic rings. The molecule has 2 fully saturated rings. The predicted molar refractivity (Wildman–Crippen MR) is 125 cm³/mol. The average molecular weight is 421 g/mol. The summed E-state index contributed by atoms with van der Waals surface area (Å²) in [7, 11) is 0. The van der Waals surface area contributed by atoms with Crippen LogP contribution in [-0.4, -0.2) is 33.9 Å². The molecule has 2 heterocycles. The number of hydrazine groups is 1. The van der Waals surface area contributed by atoms with Gasteiger partial charge in [0.05, 0.1) is 0 Å². The molecule has 0 N–H and O–H groups in total. The third kappa shape index (κ3) is 5.66. The molecule has 4 heteroatoms. The number of hydrogen-bond donors (Lipinski definition) is 0. The Morgan fingerprint density at radius 1 is 0.867 bits per heavy atom. The van der Waals surface area contributed by atoms with Gasteiger partial charge in [-0.05, 0) is 38.0 Å². The van der Waals surface area contributed by atoms with E-state index < -0.39 is 0 Å². The summed E-state index contributed by atoms with van der Waals surface area (Å²) >= 11 is 0. The van der Waals surface area contributed by atoms with Gasteiger partial charge in [0, 0.05) is 24.4 Å². The zero-order valence-corrected chi connectivity index (χ0v) is 20.8. The third-order valence-corrected chi connectivity index (χ3v) is 8.59. The summed E-state index contributed by atoms with van der Waals surface area (Å²) < 4.78 is 0. The molecule has 2 aliphatic heterocycles. The Morgan fingerprint density at radius 2 is 1.40 bits per heavy atom. The van der Waals surface area contributed by atoms with E-state index in [1.165, 1.54) is 62.8 Å². The number of amides is 2. The van der Waals surface area contributed by atoms with Gasteiger partial charge in [-0.1, -0.05) is 91.9 Å². The molecule has 0 aromatic heterocycles. The van der Waals surface area contributed by atoms with Crippen LogP contribution in [0.3, 0.4) is 0 Å². The molecule has 0 radical (unpaired) electrons. The van der Waals surface area contributed by atoms with E-state index in [0.717, 1.165) is 25.8 Å². The van der Waals surface area contributed by atoms with Gasteiger partial charge in [-0.2, -0.15) is 0 Å². The van der Waals surface area contributed by atoms with Gasteiger partial charge < -0.3 is 0 Å². The zero-order valence-electron chi connectivity index (χ0n) is 20.8. The Morgan fingerprint density at radius 3 is 1.97 bits per heavy atom. The van der Waals surface area contributed by atoms with Gasteiger partial charge in [-0.3, -0.25) is 9.59 Å². The zero-order chi connectivity index (χ0) is 22.4. The molecule has 2 unspecified atom stereocenters. The van der Waals surface area contributed by atoms with Crippen LogP contribution in [0.4, 0.5) is 0 Å². The van der Waals surface area contributed by atoms with Gasteiger partial charge in [0.1, 0.15) is 0 Å². The quantitative estimate of drug-likeness (QED) is 0.259. The fourth-order valence-corrected chi connectivity index (χ4v) is 5.28. The van der Waals surface area contributed by atoms with Crippen molar-refractivity contribution < 1.29 is 9.59 Å². The van der Waals surface area contributed by atoms with Crippen LogP contribution >= 0.6 is 0 Å². The van der Waals surface area contributed by atoms with E-state index in [1.54, 1.807) is 0 Å². The summed E-state index contributed by atoms with van der Waals surface area (Å²) in [6, 6.07) is 0. The van der Waals surface area contributed by atoms with E-state index in [-0.39, 0.29) is 28.7 Å². The number of carbonyl (C=O) groups excluding carboxylic acids is 2. The molecule has 30 heavy (non-hydrogen) atoms. The van der Waals surface area contributed by atoms with Crippen LogP contribution in [0.1, 0.15) is 125 Å². The first-order valence-corrected chi connectivity index (χ1v) is 12.8. The van der Waals surface area contributed by atoms with Crippen molar-refractivity contribution in [2.45, 2.75) is 131 Å². The second-order valence-electron chi connectivity index (χ2n) is 11.0. The predicted octanol–water partition coefficient (Wildman–Crippen LogP) is 6.73. The summed E-state index contributed by atoms with van der Waals surface area (Å²) in [5.41, 5.74) is -0.178. The maximum absolute atomic E-state index is 13.2. The number of hydrogen-bond acceptors (Lipinski definition) is 3. The van der Waals surface area contributed by atoms with Gasteiger partial charge in [0.15, 0.2) is 0 Å². The molecule has 2 aliphatic rings. The second kappa shape index (κ2) is 11.1. The minimum atomic E-state index is -0.220. The normalized spacial score (nSPS) is 26.5. The van der Waals surface area contributed by atoms with Crippen molar-refractivity contribution in [2.24, 2.45) is 17.3 Å². The van der Waals surface area contributed by atoms with Crippen molar-refractivity contribution >= 4 is 11.8 Å². The highest BCUT2D eigenvalue weighted by Gasteiger charge is 2.54. The highest BCUT2D eigenvalue weighted by atomic mass is 16.2. The van der Waals surface area contributed by atoms with E-state index in [2.05, 4.69) is 46.6 Å². The topological polar surface area (TPSA) is 40.6 Å².